The van der Waals surface area contributed by atoms with Gasteiger partial charge in [-0.1, -0.05) is 0 Å². The third-order valence-corrected chi connectivity index (χ3v) is 1.53. The van der Waals surface area contributed by atoms with Crippen molar-refractivity contribution >= 4 is 6.08 Å². The highest BCUT2D eigenvalue weighted by Crippen LogP contribution is 2.31. The summed E-state index contributed by atoms with van der Waals surface area (Å²) in [7, 11) is 0. The van der Waals surface area contributed by atoms with E-state index in [0.717, 1.165) is 0 Å². The van der Waals surface area contributed by atoms with E-state index in [0.29, 0.717) is 6.20 Å². The number of aromatic nitrogens is 1. The van der Waals surface area contributed by atoms with Gasteiger partial charge in [0.15, 0.2) is 0 Å². The van der Waals surface area contributed by atoms with Crippen LogP contribution in [0.5, 0.6) is 0 Å². The Morgan fingerprint density at radius 3 is 2.79 bits per heavy atom. The number of alkyl halides is 3. The molecule has 0 amide bonds. The van der Waals surface area contributed by atoms with Crippen LogP contribution < -0.4 is 0 Å². The van der Waals surface area contributed by atoms with Crippen LogP contribution in [0.4, 0.5) is 13.2 Å². The van der Waals surface area contributed by atoms with Crippen molar-refractivity contribution in [2.45, 2.75) is 12.7 Å². The van der Waals surface area contributed by atoms with Crippen LogP contribution in [-0.4, -0.2) is 11.1 Å². The Kier molecular flexibility index (Phi) is 2.99. The van der Waals surface area contributed by atoms with E-state index in [1.54, 1.807) is 0 Å². The highest BCUT2D eigenvalue weighted by molar-refractivity contribution is 5.35. The van der Waals surface area contributed by atoms with E-state index in [4.69, 9.17) is 0 Å². The summed E-state index contributed by atoms with van der Waals surface area (Å²) < 4.78 is 36.9. The van der Waals surface area contributed by atoms with Gasteiger partial charge in [-0.15, -0.1) is 0 Å². The van der Waals surface area contributed by atoms with E-state index in [1.807, 2.05) is 0 Å². The molecule has 0 saturated heterocycles. The lowest BCUT2D eigenvalue weighted by molar-refractivity contribution is -0.138. The summed E-state index contributed by atoms with van der Waals surface area (Å²) in [6.45, 7) is -0.332. The maximum Gasteiger partial charge on any atom is 0.418 e. The van der Waals surface area contributed by atoms with Crippen LogP contribution in [0.2, 0.25) is 0 Å². The molecule has 0 spiro atoms. The molecule has 3 nitrogen and oxygen atoms in total. The first-order chi connectivity index (χ1) is 6.55. The number of pyridine rings is 1. The van der Waals surface area contributed by atoms with Gasteiger partial charge in [-0.2, -0.15) is 13.2 Å². The van der Waals surface area contributed by atoms with Crippen LogP contribution in [-0.2, 0) is 17.5 Å². The van der Waals surface area contributed by atoms with E-state index in [2.05, 4.69) is 9.98 Å². The first-order valence-electron chi connectivity index (χ1n) is 3.59. The molecule has 0 aliphatic rings. The van der Waals surface area contributed by atoms with Crippen LogP contribution in [0.3, 0.4) is 0 Å². The zero-order valence-electron chi connectivity index (χ0n) is 6.88. The fourth-order valence-corrected chi connectivity index (χ4v) is 0.934. The molecule has 0 aromatic carbocycles. The molecule has 0 unspecified atom stereocenters. The fourth-order valence-electron chi connectivity index (χ4n) is 0.934. The van der Waals surface area contributed by atoms with Gasteiger partial charge in [0.2, 0.25) is 6.08 Å². The van der Waals surface area contributed by atoms with Crippen molar-refractivity contribution in [3.05, 3.63) is 29.6 Å². The average molecular weight is 202 g/mol. The van der Waals surface area contributed by atoms with Gasteiger partial charge in [-0.05, 0) is 11.6 Å². The number of isocyanates is 1. The second-order valence-electron chi connectivity index (χ2n) is 2.44. The van der Waals surface area contributed by atoms with Crippen LogP contribution in [0.1, 0.15) is 11.1 Å². The number of rotatable bonds is 2. The number of hydrogen-bond acceptors (Lipinski definition) is 3. The van der Waals surface area contributed by atoms with E-state index in [-0.39, 0.29) is 12.1 Å². The van der Waals surface area contributed by atoms with Crippen molar-refractivity contribution in [3.8, 4) is 0 Å². The Balaban J connectivity index is 3.09. The quantitative estimate of drug-likeness (QED) is 0.543. The van der Waals surface area contributed by atoms with Crippen molar-refractivity contribution < 1.29 is 18.0 Å². The molecule has 1 aromatic rings. The molecule has 0 N–H and O–H groups in total. The van der Waals surface area contributed by atoms with E-state index >= 15 is 0 Å². The SMILES string of the molecule is O=C=NCc1ccncc1C(F)(F)F. The van der Waals surface area contributed by atoms with Crippen LogP contribution in [0, 0.1) is 0 Å². The second-order valence-corrected chi connectivity index (χ2v) is 2.44. The number of halogens is 3. The normalized spacial score (nSPS) is 10.8. The van der Waals surface area contributed by atoms with Crippen molar-refractivity contribution in [2.75, 3.05) is 0 Å². The summed E-state index contributed by atoms with van der Waals surface area (Å²) >= 11 is 0. The molecule has 1 heterocycles. The van der Waals surface area contributed by atoms with Crippen molar-refractivity contribution in [2.24, 2.45) is 4.99 Å². The van der Waals surface area contributed by atoms with Crippen LogP contribution in [0.15, 0.2) is 23.5 Å². The van der Waals surface area contributed by atoms with Crippen molar-refractivity contribution in [3.63, 3.8) is 0 Å². The van der Waals surface area contributed by atoms with Gasteiger partial charge in [-0.25, -0.2) is 9.79 Å². The Morgan fingerprint density at radius 2 is 2.21 bits per heavy atom. The molecule has 0 saturated carbocycles. The molecule has 1 aromatic heterocycles. The monoisotopic (exact) mass is 202 g/mol. The van der Waals surface area contributed by atoms with E-state index < -0.39 is 11.7 Å². The van der Waals surface area contributed by atoms with E-state index in [1.165, 1.54) is 18.3 Å². The van der Waals surface area contributed by atoms with Gasteiger partial charge >= 0.3 is 6.18 Å². The zero-order valence-corrected chi connectivity index (χ0v) is 6.88. The Labute approximate surface area is 77.3 Å². The highest BCUT2D eigenvalue weighted by atomic mass is 19.4. The standard InChI is InChI=1S/C8H5F3N2O/c9-8(10,11)7-4-12-2-1-6(7)3-13-5-14/h1-2,4H,3H2. The molecular weight excluding hydrogens is 197 g/mol. The Bertz CT molecular complexity index is 369. The van der Waals surface area contributed by atoms with Crippen LogP contribution in [0.25, 0.3) is 0 Å². The minimum absolute atomic E-state index is 0.0872. The third kappa shape index (κ3) is 2.40. The van der Waals surface area contributed by atoms with Crippen LogP contribution >= 0.6 is 0 Å². The molecule has 74 valence electrons. The molecule has 0 aliphatic carbocycles. The van der Waals surface area contributed by atoms with E-state index in [9.17, 15) is 18.0 Å². The Morgan fingerprint density at radius 1 is 1.50 bits per heavy atom. The molecule has 0 atom stereocenters. The largest absolute Gasteiger partial charge is 0.418 e. The number of carbonyl (C=O) groups excluding carboxylic acids is 1. The van der Waals surface area contributed by atoms with Gasteiger partial charge in [0.05, 0.1) is 12.1 Å². The lowest BCUT2D eigenvalue weighted by Gasteiger charge is -2.09. The topological polar surface area (TPSA) is 42.3 Å². The maximum atomic E-state index is 12.3. The summed E-state index contributed by atoms with van der Waals surface area (Å²) in [5.41, 5.74) is -0.963. The number of nitrogens with zero attached hydrogens (tertiary/aromatic N) is 2. The first kappa shape index (κ1) is 10.4. The van der Waals surface area contributed by atoms with Gasteiger partial charge in [0.25, 0.3) is 0 Å². The first-order valence-corrected chi connectivity index (χ1v) is 3.59. The average Bonchev–Trinajstić information content (AvgIpc) is 2.14. The zero-order chi connectivity index (χ0) is 10.6. The summed E-state index contributed by atoms with van der Waals surface area (Å²) in [5, 5.41) is 0. The minimum atomic E-state index is -4.47. The molecule has 0 radical (unpaired) electrons. The smallest absolute Gasteiger partial charge is 0.264 e. The third-order valence-electron chi connectivity index (χ3n) is 1.53. The summed E-state index contributed by atoms with van der Waals surface area (Å²) in [6, 6.07) is 1.17. The molecular formula is C8H5F3N2O. The summed E-state index contributed by atoms with van der Waals surface area (Å²) in [5.74, 6) is 0. The summed E-state index contributed by atoms with van der Waals surface area (Å²) in [4.78, 5) is 16.2. The highest BCUT2D eigenvalue weighted by Gasteiger charge is 2.33. The predicted molar refractivity (Wildman–Crippen MR) is 41.1 cm³/mol. The maximum absolute atomic E-state index is 12.3. The lowest BCUT2D eigenvalue weighted by atomic mass is 10.1. The van der Waals surface area contributed by atoms with Gasteiger partial charge < -0.3 is 0 Å². The molecule has 6 heteroatoms. The number of aliphatic imine (C=N–C) groups is 1. The summed E-state index contributed by atoms with van der Waals surface area (Å²) in [6.07, 6.45) is -1.37. The van der Waals surface area contributed by atoms with Gasteiger partial charge in [-0.3, -0.25) is 4.98 Å². The number of hydrogen-bond donors (Lipinski definition) is 0. The molecule has 0 bridgehead atoms. The van der Waals surface area contributed by atoms with Gasteiger partial charge in [0, 0.05) is 12.4 Å². The molecule has 0 fully saturated rings. The predicted octanol–water partition coefficient (Wildman–Crippen LogP) is 1.94. The lowest BCUT2D eigenvalue weighted by Crippen LogP contribution is -2.09. The Hall–Kier alpha value is -1.68. The second kappa shape index (κ2) is 4.02. The molecule has 14 heavy (non-hydrogen) atoms. The molecule has 0 aliphatic heterocycles. The van der Waals surface area contributed by atoms with Crippen molar-refractivity contribution in [1.29, 1.82) is 0 Å². The van der Waals surface area contributed by atoms with Crippen molar-refractivity contribution in [1.82, 2.24) is 4.98 Å². The van der Waals surface area contributed by atoms with Gasteiger partial charge in [0.1, 0.15) is 0 Å². The molecule has 1 rings (SSSR count). The fraction of sp³-hybridized carbons (Fsp3) is 0.250. The minimum Gasteiger partial charge on any atom is -0.264 e.